The average molecular weight is 318 g/mol. The maximum absolute atomic E-state index is 10.2. The minimum atomic E-state index is -0.387. The number of aliphatic hydroxyl groups excluding tert-OH is 1. The van der Waals surface area contributed by atoms with Gasteiger partial charge in [-0.3, -0.25) is 10.00 Å². The summed E-state index contributed by atoms with van der Waals surface area (Å²) >= 11 is 1.51. The van der Waals surface area contributed by atoms with Crippen molar-refractivity contribution in [2.24, 2.45) is 0 Å². The average Bonchev–Trinajstić information content (AvgIpc) is 3.25. The van der Waals surface area contributed by atoms with E-state index >= 15 is 0 Å². The van der Waals surface area contributed by atoms with Gasteiger partial charge >= 0.3 is 0 Å². The molecular formula is C16H22N4OS. The van der Waals surface area contributed by atoms with Crippen molar-refractivity contribution in [3.05, 3.63) is 41.7 Å². The Bertz CT molecular complexity index is 585. The lowest BCUT2D eigenvalue weighted by atomic mass is 10.2. The summed E-state index contributed by atoms with van der Waals surface area (Å²) in [7, 11) is 2.03. The van der Waals surface area contributed by atoms with E-state index in [2.05, 4.69) is 32.2 Å². The number of likely N-dealkylation sites (N-methyl/N-ethyl adjacent to an activating group) is 1. The Balaban J connectivity index is 1.40. The maximum Gasteiger partial charge on any atom is 0.208 e. The summed E-state index contributed by atoms with van der Waals surface area (Å²) in [6.07, 6.45) is 2.04. The van der Waals surface area contributed by atoms with Crippen LogP contribution >= 0.6 is 11.8 Å². The first-order valence-electron chi connectivity index (χ1n) is 7.66. The molecule has 0 radical (unpaired) electrons. The molecule has 0 aliphatic heterocycles. The SMILES string of the molecule is CN(Cc1ccccc1)CC(O)CSc1n[nH]c(C2CC2)n1. The first kappa shape index (κ1) is 15.5. The number of hydrogen-bond acceptors (Lipinski definition) is 5. The van der Waals surface area contributed by atoms with Crippen LogP contribution in [0.4, 0.5) is 0 Å². The number of aromatic nitrogens is 3. The van der Waals surface area contributed by atoms with Gasteiger partial charge in [-0.2, -0.15) is 0 Å². The highest BCUT2D eigenvalue weighted by Crippen LogP contribution is 2.38. The second-order valence-corrected chi connectivity index (χ2v) is 6.91. The van der Waals surface area contributed by atoms with E-state index in [1.165, 1.54) is 30.2 Å². The summed E-state index contributed by atoms with van der Waals surface area (Å²) in [5, 5.41) is 18.1. The number of H-pyrrole nitrogens is 1. The van der Waals surface area contributed by atoms with Gasteiger partial charge in [0.15, 0.2) is 0 Å². The van der Waals surface area contributed by atoms with Crippen LogP contribution in [0, 0.1) is 0 Å². The van der Waals surface area contributed by atoms with Crippen LogP contribution in [0.3, 0.4) is 0 Å². The molecule has 0 bridgehead atoms. The fourth-order valence-electron chi connectivity index (χ4n) is 2.40. The fourth-order valence-corrected chi connectivity index (χ4v) is 3.12. The van der Waals surface area contributed by atoms with Crippen molar-refractivity contribution in [3.8, 4) is 0 Å². The summed E-state index contributed by atoms with van der Waals surface area (Å²) < 4.78 is 0. The molecule has 22 heavy (non-hydrogen) atoms. The van der Waals surface area contributed by atoms with Crippen LogP contribution < -0.4 is 0 Å². The molecule has 6 heteroatoms. The van der Waals surface area contributed by atoms with Crippen molar-refractivity contribution >= 4 is 11.8 Å². The molecule has 3 rings (SSSR count). The largest absolute Gasteiger partial charge is 0.391 e. The highest BCUT2D eigenvalue weighted by atomic mass is 32.2. The molecule has 1 aromatic carbocycles. The third kappa shape index (κ3) is 4.56. The number of nitrogens with zero attached hydrogens (tertiary/aromatic N) is 3. The first-order chi connectivity index (χ1) is 10.7. The zero-order chi connectivity index (χ0) is 15.4. The van der Waals surface area contributed by atoms with E-state index in [-0.39, 0.29) is 6.10 Å². The second kappa shape index (κ2) is 7.26. The van der Waals surface area contributed by atoms with Crippen molar-refractivity contribution in [1.29, 1.82) is 0 Å². The smallest absolute Gasteiger partial charge is 0.208 e. The van der Waals surface area contributed by atoms with Gasteiger partial charge in [0.1, 0.15) is 5.82 Å². The number of nitrogens with one attached hydrogen (secondary N) is 1. The van der Waals surface area contributed by atoms with E-state index in [0.29, 0.717) is 18.2 Å². The van der Waals surface area contributed by atoms with Gasteiger partial charge in [-0.05, 0) is 25.5 Å². The molecule has 1 aromatic heterocycles. The minimum Gasteiger partial charge on any atom is -0.391 e. The van der Waals surface area contributed by atoms with Crippen molar-refractivity contribution in [3.63, 3.8) is 0 Å². The molecular weight excluding hydrogens is 296 g/mol. The van der Waals surface area contributed by atoms with Gasteiger partial charge in [-0.15, -0.1) is 5.10 Å². The highest BCUT2D eigenvalue weighted by Gasteiger charge is 2.27. The summed E-state index contributed by atoms with van der Waals surface area (Å²) in [5.41, 5.74) is 1.26. The van der Waals surface area contributed by atoms with E-state index in [9.17, 15) is 5.11 Å². The number of rotatable bonds is 8. The summed E-state index contributed by atoms with van der Waals surface area (Å²) in [6.45, 7) is 1.48. The molecule has 2 aromatic rings. The summed E-state index contributed by atoms with van der Waals surface area (Å²) in [4.78, 5) is 6.60. The number of hydrogen-bond donors (Lipinski definition) is 2. The van der Waals surface area contributed by atoms with Crippen LogP contribution in [0.2, 0.25) is 0 Å². The lowest BCUT2D eigenvalue weighted by Gasteiger charge is -2.20. The monoisotopic (exact) mass is 318 g/mol. The van der Waals surface area contributed by atoms with Crippen molar-refractivity contribution < 1.29 is 5.11 Å². The molecule has 1 aliphatic carbocycles. The van der Waals surface area contributed by atoms with Crippen LogP contribution in [0.15, 0.2) is 35.5 Å². The van der Waals surface area contributed by atoms with Gasteiger partial charge < -0.3 is 5.11 Å². The standard InChI is InChI=1S/C16H22N4OS/c1-20(9-12-5-3-2-4-6-12)10-14(21)11-22-16-17-15(18-19-16)13-7-8-13/h2-6,13-14,21H,7-11H2,1H3,(H,17,18,19). The van der Waals surface area contributed by atoms with Crippen molar-refractivity contribution in [2.45, 2.75) is 36.6 Å². The van der Waals surface area contributed by atoms with E-state index < -0.39 is 0 Å². The summed E-state index contributed by atoms with van der Waals surface area (Å²) in [5.74, 6) is 2.20. The topological polar surface area (TPSA) is 65.0 Å². The number of aromatic amines is 1. The number of aliphatic hydroxyl groups is 1. The van der Waals surface area contributed by atoms with Crippen LogP contribution in [0.1, 0.15) is 30.1 Å². The van der Waals surface area contributed by atoms with Gasteiger partial charge in [-0.1, -0.05) is 42.1 Å². The molecule has 1 fully saturated rings. The Labute approximate surface area is 135 Å². The second-order valence-electron chi connectivity index (χ2n) is 5.92. The molecule has 5 nitrogen and oxygen atoms in total. The van der Waals surface area contributed by atoms with Gasteiger partial charge in [0.05, 0.1) is 6.10 Å². The molecule has 2 N–H and O–H groups in total. The molecule has 118 valence electrons. The lowest BCUT2D eigenvalue weighted by Crippen LogP contribution is -2.30. The van der Waals surface area contributed by atoms with Crippen LogP contribution in [0.5, 0.6) is 0 Å². The Morgan fingerprint density at radius 1 is 1.36 bits per heavy atom. The van der Waals surface area contributed by atoms with Crippen LogP contribution in [-0.2, 0) is 6.54 Å². The lowest BCUT2D eigenvalue weighted by molar-refractivity contribution is 0.142. The van der Waals surface area contributed by atoms with Gasteiger partial charge in [0.2, 0.25) is 5.16 Å². The van der Waals surface area contributed by atoms with Gasteiger partial charge in [-0.25, -0.2) is 4.98 Å². The van der Waals surface area contributed by atoms with Crippen molar-refractivity contribution in [1.82, 2.24) is 20.1 Å². The third-order valence-electron chi connectivity index (χ3n) is 3.67. The summed E-state index contributed by atoms with van der Waals surface area (Å²) in [6, 6.07) is 10.3. The maximum atomic E-state index is 10.2. The third-order valence-corrected chi connectivity index (χ3v) is 4.66. The van der Waals surface area contributed by atoms with Crippen molar-refractivity contribution in [2.75, 3.05) is 19.3 Å². The molecule has 1 saturated carbocycles. The molecule has 1 unspecified atom stereocenters. The van der Waals surface area contributed by atoms with E-state index in [1.54, 1.807) is 0 Å². The molecule has 0 spiro atoms. The van der Waals surface area contributed by atoms with E-state index in [4.69, 9.17) is 0 Å². The van der Waals surface area contributed by atoms with Crippen LogP contribution in [0.25, 0.3) is 0 Å². The number of thioether (sulfide) groups is 1. The number of benzene rings is 1. The van der Waals surface area contributed by atoms with E-state index in [0.717, 1.165) is 17.5 Å². The zero-order valence-corrected chi connectivity index (χ0v) is 13.6. The Kier molecular flexibility index (Phi) is 5.12. The van der Waals surface area contributed by atoms with Crippen LogP contribution in [-0.4, -0.2) is 50.6 Å². The van der Waals surface area contributed by atoms with E-state index in [1.807, 2.05) is 25.2 Å². The normalized spacial score (nSPS) is 16.1. The molecule has 0 amide bonds. The quantitative estimate of drug-likeness (QED) is 0.731. The fraction of sp³-hybridized carbons (Fsp3) is 0.500. The van der Waals surface area contributed by atoms with Gasteiger partial charge in [0.25, 0.3) is 0 Å². The predicted octanol–water partition coefficient (Wildman–Crippen LogP) is 2.27. The Morgan fingerprint density at radius 3 is 2.86 bits per heavy atom. The highest BCUT2D eigenvalue weighted by molar-refractivity contribution is 7.99. The zero-order valence-electron chi connectivity index (χ0n) is 12.8. The predicted molar refractivity (Wildman–Crippen MR) is 87.9 cm³/mol. The Hall–Kier alpha value is -1.37. The Morgan fingerprint density at radius 2 is 2.14 bits per heavy atom. The minimum absolute atomic E-state index is 0.387. The molecule has 1 aliphatic rings. The molecule has 0 saturated heterocycles. The molecule has 1 heterocycles. The molecule has 1 atom stereocenters. The first-order valence-corrected chi connectivity index (χ1v) is 8.65. The van der Waals surface area contributed by atoms with Gasteiger partial charge in [0, 0.05) is 24.8 Å².